The highest BCUT2D eigenvalue weighted by Crippen LogP contribution is 2.51. The molecule has 0 radical (unpaired) electrons. The van der Waals surface area contributed by atoms with Crippen LogP contribution in [0.5, 0.6) is 0 Å². The van der Waals surface area contributed by atoms with Crippen LogP contribution in [0.15, 0.2) is 17.3 Å². The summed E-state index contributed by atoms with van der Waals surface area (Å²) >= 11 is 12.5. The number of nitrogens with zero attached hydrogens (tertiary/aromatic N) is 1. The van der Waals surface area contributed by atoms with E-state index in [1.807, 2.05) is 0 Å². The Balaban J connectivity index is 1.69. The highest BCUT2D eigenvalue weighted by atomic mass is 35.5. The van der Waals surface area contributed by atoms with Gasteiger partial charge in [0.25, 0.3) is 11.5 Å². The molecule has 1 aromatic carbocycles. The highest BCUT2D eigenvalue weighted by molar-refractivity contribution is 7.16. The third kappa shape index (κ3) is 4.14. The van der Waals surface area contributed by atoms with Crippen LogP contribution >= 0.6 is 34.5 Å². The third-order valence-corrected chi connectivity index (χ3v) is 7.57. The van der Waals surface area contributed by atoms with Gasteiger partial charge in [0.05, 0.1) is 33.3 Å². The molecule has 0 spiro atoms. The van der Waals surface area contributed by atoms with E-state index in [2.05, 4.69) is 15.2 Å². The second-order valence-electron chi connectivity index (χ2n) is 7.71. The van der Waals surface area contributed by atoms with Crippen LogP contribution in [0.2, 0.25) is 10.0 Å². The van der Waals surface area contributed by atoms with Crippen molar-refractivity contribution < 1.29 is 36.7 Å². The number of nitrogens with one attached hydrogen (secondary N) is 1. The summed E-state index contributed by atoms with van der Waals surface area (Å²) in [4.78, 5) is 29.7. The van der Waals surface area contributed by atoms with Crippen molar-refractivity contribution in [1.82, 2.24) is 5.32 Å². The lowest BCUT2D eigenvalue weighted by atomic mass is 9.87. The predicted octanol–water partition coefficient (Wildman–Crippen LogP) is 5.17. The number of alkyl halides is 3. The molecule has 2 heterocycles. The molecule has 34 heavy (non-hydrogen) atoms. The molecular weight excluding hydrogens is 523 g/mol. The minimum Gasteiger partial charge on any atom is -0.468 e. The fourth-order valence-corrected chi connectivity index (χ4v) is 5.79. The smallest absolute Gasteiger partial charge is 0.435 e. The molecule has 0 bridgehead atoms. The first kappa shape index (κ1) is 24.7. The van der Waals surface area contributed by atoms with E-state index in [0.29, 0.717) is 34.6 Å². The molecule has 1 atom stereocenters. The summed E-state index contributed by atoms with van der Waals surface area (Å²) in [7, 11) is 1.18. The molecule has 1 aromatic heterocycles. The summed E-state index contributed by atoms with van der Waals surface area (Å²) in [6, 6.07) is 1.64. The van der Waals surface area contributed by atoms with Gasteiger partial charge in [-0.2, -0.15) is 13.2 Å². The molecule has 182 valence electrons. The normalized spacial score (nSPS) is 19.4. The second-order valence-corrected chi connectivity index (χ2v) is 9.55. The van der Waals surface area contributed by atoms with Gasteiger partial charge in [0.1, 0.15) is 12.3 Å². The van der Waals surface area contributed by atoms with Crippen molar-refractivity contribution in [3.63, 3.8) is 0 Å². The molecule has 1 aliphatic carbocycles. The zero-order chi connectivity index (χ0) is 24.8. The SMILES string of the molecule is COC(=O)CNC(=O)c1sc(C2=NOC(c3cc(Cl)c(F)c(Cl)c3)(C(F)(F)F)C2)c2c1CCC2. The van der Waals surface area contributed by atoms with Gasteiger partial charge in [-0.1, -0.05) is 28.4 Å². The standard InChI is InChI=1S/C21H16Cl2F4N2O4S/c1-32-15(30)8-28-19(31)18-11-4-2-3-10(11)17(34-18)14-7-20(33-29-14,21(25,26)27)9-5-12(22)16(24)13(23)6-9/h5-6H,2-4,7-8H2,1H3,(H,28,31). The van der Waals surface area contributed by atoms with Crippen LogP contribution < -0.4 is 5.32 Å². The van der Waals surface area contributed by atoms with Gasteiger partial charge >= 0.3 is 12.1 Å². The number of rotatable bonds is 5. The topological polar surface area (TPSA) is 77.0 Å². The van der Waals surface area contributed by atoms with E-state index in [1.54, 1.807) is 0 Å². The Kier molecular flexibility index (Phi) is 6.56. The first-order chi connectivity index (χ1) is 16.0. The van der Waals surface area contributed by atoms with Crippen LogP contribution in [0.4, 0.5) is 17.6 Å². The zero-order valence-electron chi connectivity index (χ0n) is 17.4. The highest BCUT2D eigenvalue weighted by Gasteiger charge is 2.63. The minimum absolute atomic E-state index is 0.00376. The van der Waals surface area contributed by atoms with Gasteiger partial charge in [-0.25, -0.2) is 4.39 Å². The molecule has 1 N–H and O–H groups in total. The van der Waals surface area contributed by atoms with Crippen LogP contribution in [-0.4, -0.2) is 37.4 Å². The van der Waals surface area contributed by atoms with Crippen molar-refractivity contribution in [2.75, 3.05) is 13.7 Å². The lowest BCUT2D eigenvalue weighted by molar-refractivity contribution is -0.275. The fraction of sp³-hybridized carbons (Fsp3) is 0.381. The Labute approximate surface area is 204 Å². The summed E-state index contributed by atoms with van der Waals surface area (Å²) in [5.74, 6) is -2.21. The van der Waals surface area contributed by atoms with Crippen molar-refractivity contribution in [3.8, 4) is 0 Å². The van der Waals surface area contributed by atoms with Crippen LogP contribution in [-0.2, 0) is 32.8 Å². The van der Waals surface area contributed by atoms with Crippen molar-refractivity contribution in [2.45, 2.75) is 37.5 Å². The monoisotopic (exact) mass is 538 g/mol. The average molecular weight is 539 g/mol. The number of oxime groups is 1. The van der Waals surface area contributed by atoms with Crippen LogP contribution in [0, 0.1) is 5.82 Å². The molecule has 1 amide bonds. The lowest BCUT2D eigenvalue weighted by Gasteiger charge is -2.29. The summed E-state index contributed by atoms with van der Waals surface area (Å²) < 4.78 is 61.2. The van der Waals surface area contributed by atoms with Gasteiger partial charge in [0.15, 0.2) is 5.82 Å². The summed E-state index contributed by atoms with van der Waals surface area (Å²) in [5.41, 5.74) is -1.97. The minimum atomic E-state index is -4.94. The molecule has 1 unspecified atom stereocenters. The predicted molar refractivity (Wildman–Crippen MR) is 117 cm³/mol. The Morgan fingerprint density at radius 3 is 2.50 bits per heavy atom. The zero-order valence-corrected chi connectivity index (χ0v) is 19.8. The van der Waals surface area contributed by atoms with Gasteiger partial charge in [0.2, 0.25) is 0 Å². The van der Waals surface area contributed by atoms with E-state index in [-0.39, 0.29) is 12.3 Å². The van der Waals surface area contributed by atoms with Crippen molar-refractivity contribution in [1.29, 1.82) is 0 Å². The van der Waals surface area contributed by atoms with Crippen LogP contribution in [0.3, 0.4) is 0 Å². The lowest BCUT2D eigenvalue weighted by Crippen LogP contribution is -2.42. The van der Waals surface area contributed by atoms with E-state index < -0.39 is 51.5 Å². The molecule has 0 saturated carbocycles. The van der Waals surface area contributed by atoms with Gasteiger partial charge in [0, 0.05) is 5.56 Å². The van der Waals surface area contributed by atoms with Crippen LogP contribution in [0.1, 0.15) is 44.1 Å². The molecule has 0 saturated heterocycles. The largest absolute Gasteiger partial charge is 0.468 e. The maximum Gasteiger partial charge on any atom is 0.435 e. The number of carbonyl (C=O) groups is 2. The van der Waals surface area contributed by atoms with E-state index in [4.69, 9.17) is 28.0 Å². The number of methoxy groups -OCH3 is 1. The number of hydrogen-bond acceptors (Lipinski definition) is 6. The summed E-state index contributed by atoms with van der Waals surface area (Å²) in [6.07, 6.45) is -3.83. The Morgan fingerprint density at radius 2 is 1.88 bits per heavy atom. The molecule has 1 aliphatic heterocycles. The number of esters is 1. The number of hydrogen-bond donors (Lipinski definition) is 1. The number of fused-ring (bicyclic) bond motifs is 1. The summed E-state index contributed by atoms with van der Waals surface area (Å²) in [5, 5.41) is 5.03. The Morgan fingerprint density at radius 1 is 1.24 bits per heavy atom. The van der Waals surface area contributed by atoms with E-state index >= 15 is 0 Å². The number of thiophene rings is 1. The molecule has 13 heteroatoms. The first-order valence-corrected chi connectivity index (χ1v) is 11.5. The third-order valence-electron chi connectivity index (χ3n) is 5.70. The van der Waals surface area contributed by atoms with Crippen molar-refractivity contribution >= 4 is 52.1 Å². The molecular formula is C21H16Cl2F4N2O4S. The molecule has 4 rings (SSSR count). The maximum atomic E-state index is 14.3. The number of halogens is 6. The van der Waals surface area contributed by atoms with E-state index in [1.165, 1.54) is 7.11 Å². The molecule has 2 aromatic rings. The number of amides is 1. The Bertz CT molecular complexity index is 1190. The maximum absolute atomic E-state index is 14.3. The summed E-state index contributed by atoms with van der Waals surface area (Å²) in [6.45, 7) is -0.343. The molecule has 6 nitrogen and oxygen atoms in total. The quantitative estimate of drug-likeness (QED) is 0.323. The van der Waals surface area contributed by atoms with Gasteiger partial charge in [-0.3, -0.25) is 9.59 Å². The number of benzene rings is 1. The van der Waals surface area contributed by atoms with Gasteiger partial charge in [-0.05, 0) is 42.5 Å². The van der Waals surface area contributed by atoms with Crippen LogP contribution in [0.25, 0.3) is 0 Å². The fourth-order valence-electron chi connectivity index (χ4n) is 4.01. The second kappa shape index (κ2) is 9.01. The molecule has 0 fully saturated rings. The van der Waals surface area contributed by atoms with E-state index in [9.17, 15) is 27.2 Å². The number of ether oxygens (including phenoxy) is 1. The van der Waals surface area contributed by atoms with Crippen molar-refractivity contribution in [2.24, 2.45) is 5.16 Å². The average Bonchev–Trinajstić information content (AvgIpc) is 3.50. The first-order valence-electron chi connectivity index (χ1n) is 9.95. The van der Waals surface area contributed by atoms with E-state index in [0.717, 1.165) is 29.0 Å². The van der Waals surface area contributed by atoms with Gasteiger partial charge < -0.3 is 14.9 Å². The van der Waals surface area contributed by atoms with Crippen molar-refractivity contribution in [3.05, 3.63) is 54.4 Å². The van der Waals surface area contributed by atoms with Gasteiger partial charge in [-0.15, -0.1) is 11.3 Å². The Hall–Kier alpha value is -2.37. The molecule has 2 aliphatic rings. The number of carbonyl (C=O) groups excluding carboxylic acids is 2.